The van der Waals surface area contributed by atoms with Crippen LogP contribution < -0.4 is 5.48 Å². The van der Waals surface area contributed by atoms with Crippen molar-refractivity contribution in [2.24, 2.45) is 0 Å². The highest BCUT2D eigenvalue weighted by atomic mass is 16.6. The maximum atomic E-state index is 11.7. The summed E-state index contributed by atoms with van der Waals surface area (Å²) in [6.45, 7) is 5.78. The topological polar surface area (TPSA) is 78.9 Å². The Bertz CT molecular complexity index is 285. The molecule has 1 heterocycles. The number of amides is 2. The third-order valence-electron chi connectivity index (χ3n) is 2.29. The van der Waals surface area contributed by atoms with Gasteiger partial charge in [-0.15, -0.1) is 0 Å². The van der Waals surface area contributed by atoms with Crippen molar-refractivity contribution in [3.63, 3.8) is 0 Å². The third-order valence-corrected chi connectivity index (χ3v) is 2.29. The maximum Gasteiger partial charge on any atom is 0.410 e. The lowest BCUT2D eigenvalue weighted by molar-refractivity contribution is -0.133. The quantitative estimate of drug-likeness (QED) is 0.518. The van der Waals surface area contributed by atoms with Crippen LogP contribution in [0.5, 0.6) is 0 Å². The summed E-state index contributed by atoms with van der Waals surface area (Å²) >= 11 is 0. The predicted molar refractivity (Wildman–Crippen MR) is 55.9 cm³/mol. The highest BCUT2D eigenvalue weighted by Gasteiger charge is 2.36. The Morgan fingerprint density at radius 3 is 2.56 bits per heavy atom. The first-order valence-electron chi connectivity index (χ1n) is 5.29. The van der Waals surface area contributed by atoms with Crippen molar-refractivity contribution < 1.29 is 19.5 Å². The van der Waals surface area contributed by atoms with Crippen molar-refractivity contribution in [2.45, 2.75) is 45.3 Å². The standard InChI is InChI=1S/C10H18N2O4/c1-10(2,3)16-9(14)12-6-4-5-7(12)8(13)11-15/h7,15H,4-6H2,1-3H3,(H,11,13)/t7-/m0/s1. The second kappa shape index (κ2) is 4.69. The molecule has 0 aromatic heterocycles. The molecule has 0 spiro atoms. The van der Waals surface area contributed by atoms with Gasteiger partial charge in [0.25, 0.3) is 5.91 Å². The molecule has 0 unspecified atom stereocenters. The summed E-state index contributed by atoms with van der Waals surface area (Å²) in [5, 5.41) is 8.55. The van der Waals surface area contributed by atoms with E-state index in [-0.39, 0.29) is 0 Å². The summed E-state index contributed by atoms with van der Waals surface area (Å²) in [4.78, 5) is 24.4. The van der Waals surface area contributed by atoms with Gasteiger partial charge < -0.3 is 4.74 Å². The van der Waals surface area contributed by atoms with Gasteiger partial charge in [0, 0.05) is 6.54 Å². The van der Waals surface area contributed by atoms with Gasteiger partial charge >= 0.3 is 6.09 Å². The molecule has 1 aliphatic heterocycles. The zero-order chi connectivity index (χ0) is 12.3. The molecule has 1 saturated heterocycles. The first-order chi connectivity index (χ1) is 7.35. The number of carbonyl (C=O) groups excluding carboxylic acids is 2. The Kier molecular flexibility index (Phi) is 3.74. The lowest BCUT2D eigenvalue weighted by atomic mass is 10.2. The fourth-order valence-electron chi connectivity index (χ4n) is 1.65. The Balaban J connectivity index is 2.65. The third kappa shape index (κ3) is 3.10. The Morgan fingerprint density at radius 1 is 1.44 bits per heavy atom. The summed E-state index contributed by atoms with van der Waals surface area (Å²) in [5.41, 5.74) is 0.983. The summed E-state index contributed by atoms with van der Waals surface area (Å²) in [7, 11) is 0. The molecule has 0 saturated carbocycles. The lowest BCUT2D eigenvalue weighted by Crippen LogP contribution is -2.46. The van der Waals surface area contributed by atoms with Crippen LogP contribution in [0.4, 0.5) is 4.79 Å². The van der Waals surface area contributed by atoms with E-state index in [1.165, 1.54) is 4.90 Å². The van der Waals surface area contributed by atoms with Gasteiger partial charge in [0.2, 0.25) is 0 Å². The number of ether oxygens (including phenoxy) is 1. The second-order valence-electron chi connectivity index (χ2n) is 4.81. The molecule has 92 valence electrons. The van der Waals surface area contributed by atoms with Crippen LogP contribution in [0.15, 0.2) is 0 Å². The van der Waals surface area contributed by atoms with E-state index in [0.29, 0.717) is 13.0 Å². The monoisotopic (exact) mass is 230 g/mol. The van der Waals surface area contributed by atoms with E-state index in [0.717, 1.165) is 6.42 Å². The van der Waals surface area contributed by atoms with Crippen LogP contribution in [0.25, 0.3) is 0 Å². The van der Waals surface area contributed by atoms with Gasteiger partial charge in [0.05, 0.1) is 0 Å². The molecular formula is C10H18N2O4. The normalized spacial score (nSPS) is 20.8. The molecule has 0 aromatic rings. The van der Waals surface area contributed by atoms with E-state index in [4.69, 9.17) is 9.94 Å². The van der Waals surface area contributed by atoms with Crippen molar-refractivity contribution in [2.75, 3.05) is 6.54 Å². The molecule has 1 aliphatic rings. The van der Waals surface area contributed by atoms with Crippen molar-refractivity contribution in [1.82, 2.24) is 10.4 Å². The largest absolute Gasteiger partial charge is 0.444 e. The molecule has 1 rings (SSSR count). The first kappa shape index (κ1) is 12.8. The van der Waals surface area contributed by atoms with Crippen LogP contribution in [0.2, 0.25) is 0 Å². The van der Waals surface area contributed by atoms with Gasteiger partial charge in [0.15, 0.2) is 0 Å². The first-order valence-corrected chi connectivity index (χ1v) is 5.29. The number of likely N-dealkylation sites (tertiary alicyclic amines) is 1. The van der Waals surface area contributed by atoms with Crippen LogP contribution in [-0.2, 0) is 9.53 Å². The number of rotatable bonds is 1. The van der Waals surface area contributed by atoms with Gasteiger partial charge in [0.1, 0.15) is 11.6 Å². The number of hydrogen-bond donors (Lipinski definition) is 2. The molecule has 2 N–H and O–H groups in total. The van der Waals surface area contributed by atoms with Gasteiger partial charge in [-0.2, -0.15) is 0 Å². The minimum atomic E-state index is -0.625. The molecular weight excluding hydrogens is 212 g/mol. The molecule has 0 aliphatic carbocycles. The SMILES string of the molecule is CC(C)(C)OC(=O)N1CCC[C@H]1C(=O)NO. The molecule has 2 amide bonds. The molecule has 6 nitrogen and oxygen atoms in total. The zero-order valence-corrected chi connectivity index (χ0v) is 9.82. The summed E-state index contributed by atoms with van der Waals surface area (Å²) < 4.78 is 5.17. The summed E-state index contributed by atoms with van der Waals surface area (Å²) in [6, 6.07) is -0.625. The number of hydrogen-bond acceptors (Lipinski definition) is 4. The average Bonchev–Trinajstić information content (AvgIpc) is 2.62. The van der Waals surface area contributed by atoms with E-state index in [9.17, 15) is 9.59 Å². The smallest absolute Gasteiger partial charge is 0.410 e. The molecule has 0 radical (unpaired) electrons. The van der Waals surface area contributed by atoms with E-state index in [1.807, 2.05) is 0 Å². The van der Waals surface area contributed by atoms with E-state index in [1.54, 1.807) is 26.3 Å². The highest BCUT2D eigenvalue weighted by Crippen LogP contribution is 2.20. The van der Waals surface area contributed by atoms with Gasteiger partial charge in [-0.1, -0.05) is 0 Å². The van der Waals surface area contributed by atoms with E-state index < -0.39 is 23.6 Å². The van der Waals surface area contributed by atoms with Crippen LogP contribution in [0, 0.1) is 0 Å². The molecule has 16 heavy (non-hydrogen) atoms. The predicted octanol–water partition coefficient (Wildman–Crippen LogP) is 0.891. The highest BCUT2D eigenvalue weighted by molar-refractivity contribution is 5.85. The Hall–Kier alpha value is -1.30. The summed E-state index contributed by atoms with van der Waals surface area (Å²) in [5.74, 6) is -0.566. The van der Waals surface area contributed by atoms with Crippen molar-refractivity contribution in [3.05, 3.63) is 0 Å². The van der Waals surface area contributed by atoms with E-state index in [2.05, 4.69) is 0 Å². The lowest BCUT2D eigenvalue weighted by Gasteiger charge is -2.27. The Morgan fingerprint density at radius 2 is 2.06 bits per heavy atom. The van der Waals surface area contributed by atoms with Gasteiger partial charge in [-0.3, -0.25) is 14.9 Å². The van der Waals surface area contributed by atoms with Crippen LogP contribution in [0.3, 0.4) is 0 Å². The molecule has 1 atom stereocenters. The van der Waals surface area contributed by atoms with E-state index >= 15 is 0 Å². The van der Waals surface area contributed by atoms with Crippen LogP contribution in [0.1, 0.15) is 33.6 Å². The number of nitrogens with zero attached hydrogens (tertiary/aromatic N) is 1. The summed E-state index contributed by atoms with van der Waals surface area (Å²) in [6.07, 6.45) is 0.766. The molecule has 0 bridgehead atoms. The average molecular weight is 230 g/mol. The fourth-order valence-corrected chi connectivity index (χ4v) is 1.65. The number of carbonyl (C=O) groups is 2. The zero-order valence-electron chi connectivity index (χ0n) is 9.82. The molecule has 1 fully saturated rings. The maximum absolute atomic E-state index is 11.7. The number of nitrogens with one attached hydrogen (secondary N) is 1. The fraction of sp³-hybridized carbons (Fsp3) is 0.800. The van der Waals surface area contributed by atoms with Crippen LogP contribution >= 0.6 is 0 Å². The van der Waals surface area contributed by atoms with Crippen LogP contribution in [-0.4, -0.2) is 40.3 Å². The number of hydroxylamine groups is 1. The minimum Gasteiger partial charge on any atom is -0.444 e. The van der Waals surface area contributed by atoms with Crippen molar-refractivity contribution >= 4 is 12.0 Å². The second-order valence-corrected chi connectivity index (χ2v) is 4.81. The molecule has 6 heteroatoms. The van der Waals surface area contributed by atoms with Gasteiger partial charge in [-0.05, 0) is 33.6 Å². The Labute approximate surface area is 94.5 Å². The van der Waals surface area contributed by atoms with Crippen molar-refractivity contribution in [3.8, 4) is 0 Å². The molecule has 0 aromatic carbocycles. The van der Waals surface area contributed by atoms with Gasteiger partial charge in [-0.25, -0.2) is 10.3 Å². The van der Waals surface area contributed by atoms with Crippen molar-refractivity contribution in [1.29, 1.82) is 0 Å². The minimum absolute atomic E-state index is 0.479.